The highest BCUT2D eigenvalue weighted by molar-refractivity contribution is 5.92. The van der Waals surface area contributed by atoms with Gasteiger partial charge in [0.15, 0.2) is 0 Å². The smallest absolute Gasteiger partial charge is 0.396 e. The van der Waals surface area contributed by atoms with Gasteiger partial charge in [-0.25, -0.2) is 9.37 Å². The molecule has 0 atom stereocenters. The van der Waals surface area contributed by atoms with Crippen LogP contribution in [0.1, 0.15) is 22.4 Å². The number of amides is 1. The first-order valence-corrected chi connectivity index (χ1v) is 9.88. The van der Waals surface area contributed by atoms with Crippen molar-refractivity contribution in [2.45, 2.75) is 18.9 Å². The molecule has 0 aliphatic carbocycles. The summed E-state index contributed by atoms with van der Waals surface area (Å²) in [7, 11) is 0. The minimum atomic E-state index is -4.88. The molecule has 2 aromatic rings. The molecule has 0 bridgehead atoms. The predicted octanol–water partition coefficient (Wildman–Crippen LogP) is 4.01. The van der Waals surface area contributed by atoms with Crippen molar-refractivity contribution in [3.05, 3.63) is 58.5 Å². The van der Waals surface area contributed by atoms with E-state index < -0.39 is 47.6 Å². The van der Waals surface area contributed by atoms with Crippen molar-refractivity contribution in [1.82, 2.24) is 10.3 Å². The van der Waals surface area contributed by atoms with E-state index in [-0.39, 0.29) is 16.9 Å². The molecule has 0 unspecified atom stereocenters. The number of ether oxygens (including phenoxy) is 1. The first kappa shape index (κ1) is 25.3. The van der Waals surface area contributed by atoms with E-state index in [1.54, 1.807) is 4.90 Å². The molecule has 2 heterocycles. The number of nitrogens with zero attached hydrogens (tertiary/aromatic N) is 2. The van der Waals surface area contributed by atoms with E-state index in [0.29, 0.717) is 32.4 Å². The van der Waals surface area contributed by atoms with Crippen LogP contribution in [-0.4, -0.2) is 37.2 Å². The number of hydrogen-bond acceptors (Lipinski definition) is 5. The van der Waals surface area contributed by atoms with Crippen LogP contribution in [0, 0.1) is 5.82 Å². The molecular formula is C21H19F7N4O2. The van der Waals surface area contributed by atoms with Gasteiger partial charge in [-0.1, -0.05) is 0 Å². The van der Waals surface area contributed by atoms with Gasteiger partial charge in [0.2, 0.25) is 5.91 Å². The zero-order valence-corrected chi connectivity index (χ0v) is 17.4. The molecule has 0 saturated carbocycles. The average molecular weight is 492 g/mol. The van der Waals surface area contributed by atoms with Gasteiger partial charge in [-0.3, -0.25) is 4.79 Å². The first-order chi connectivity index (χ1) is 15.9. The maximum atomic E-state index is 13.7. The lowest BCUT2D eigenvalue weighted by Crippen LogP contribution is -2.37. The average Bonchev–Trinajstić information content (AvgIpc) is 2.77. The van der Waals surface area contributed by atoms with Gasteiger partial charge in [-0.2, -0.15) is 26.3 Å². The number of nitrogens with one attached hydrogen (secondary N) is 1. The number of pyridine rings is 1. The molecule has 1 amide bonds. The largest absolute Gasteiger partial charge is 0.433 e. The van der Waals surface area contributed by atoms with Gasteiger partial charge >= 0.3 is 12.4 Å². The fourth-order valence-corrected chi connectivity index (χ4v) is 3.20. The van der Waals surface area contributed by atoms with Gasteiger partial charge in [0.05, 0.1) is 24.5 Å². The van der Waals surface area contributed by atoms with E-state index in [4.69, 9.17) is 10.5 Å². The third-order valence-corrected chi connectivity index (χ3v) is 4.88. The topological polar surface area (TPSA) is 80.5 Å². The summed E-state index contributed by atoms with van der Waals surface area (Å²) in [5, 5.41) is 2.29. The van der Waals surface area contributed by atoms with Crippen molar-refractivity contribution < 1.29 is 40.3 Å². The summed E-state index contributed by atoms with van der Waals surface area (Å²) < 4.78 is 97.2. The van der Waals surface area contributed by atoms with E-state index in [1.165, 1.54) is 6.08 Å². The molecule has 1 aromatic carbocycles. The van der Waals surface area contributed by atoms with Crippen LogP contribution in [-0.2, 0) is 28.4 Å². The van der Waals surface area contributed by atoms with Crippen molar-refractivity contribution in [2.24, 2.45) is 0 Å². The zero-order valence-electron chi connectivity index (χ0n) is 17.4. The van der Waals surface area contributed by atoms with Gasteiger partial charge < -0.3 is 20.7 Å². The van der Waals surface area contributed by atoms with E-state index in [0.717, 1.165) is 24.3 Å². The number of rotatable bonds is 5. The second-order valence-corrected chi connectivity index (χ2v) is 7.29. The minimum absolute atomic E-state index is 0.0117. The number of anilines is 2. The van der Waals surface area contributed by atoms with Gasteiger partial charge in [-0.15, -0.1) is 0 Å². The fourth-order valence-electron chi connectivity index (χ4n) is 3.20. The number of halogens is 7. The quantitative estimate of drug-likeness (QED) is 0.375. The van der Waals surface area contributed by atoms with Gasteiger partial charge in [0, 0.05) is 31.3 Å². The molecule has 0 radical (unpaired) electrons. The van der Waals surface area contributed by atoms with Crippen LogP contribution in [0.15, 0.2) is 30.3 Å². The number of hydrogen-bond donors (Lipinski definition) is 2. The molecule has 184 valence electrons. The summed E-state index contributed by atoms with van der Waals surface area (Å²) in [6, 6.07) is 3.33. The monoisotopic (exact) mass is 492 g/mol. The SMILES string of the molecule is Nc1c(F)cc(CNC(=O)/C=C/c2ccc(C(F)(F)F)nc2N2CCOCC2)cc1C(F)(F)F. The Hall–Kier alpha value is -3.35. The molecule has 1 aliphatic heterocycles. The summed E-state index contributed by atoms with van der Waals surface area (Å²) >= 11 is 0. The van der Waals surface area contributed by atoms with Crippen LogP contribution < -0.4 is 16.0 Å². The Morgan fingerprint density at radius 3 is 2.41 bits per heavy atom. The van der Waals surface area contributed by atoms with Crippen LogP contribution in [0.2, 0.25) is 0 Å². The van der Waals surface area contributed by atoms with Crippen LogP contribution in [0.4, 0.5) is 42.2 Å². The molecule has 6 nitrogen and oxygen atoms in total. The molecule has 1 saturated heterocycles. The van der Waals surface area contributed by atoms with Gasteiger partial charge in [0.25, 0.3) is 0 Å². The van der Waals surface area contributed by atoms with Crippen LogP contribution in [0.25, 0.3) is 6.08 Å². The summed E-state index contributed by atoms with van der Waals surface area (Å²) in [6.07, 6.45) is -7.31. The molecule has 1 aromatic heterocycles. The Balaban J connectivity index is 1.76. The van der Waals surface area contributed by atoms with Crippen molar-refractivity contribution in [3.63, 3.8) is 0 Å². The van der Waals surface area contributed by atoms with Crippen LogP contribution in [0.5, 0.6) is 0 Å². The van der Waals surface area contributed by atoms with Gasteiger partial charge in [-0.05, 0) is 35.9 Å². The molecule has 1 fully saturated rings. The lowest BCUT2D eigenvalue weighted by Gasteiger charge is -2.29. The zero-order chi connectivity index (χ0) is 25.1. The van der Waals surface area contributed by atoms with Gasteiger partial charge in [0.1, 0.15) is 17.3 Å². The molecule has 13 heteroatoms. The third kappa shape index (κ3) is 6.16. The number of benzene rings is 1. The second-order valence-electron chi connectivity index (χ2n) is 7.29. The Bertz CT molecular complexity index is 1080. The number of nitrogens with two attached hydrogens (primary N) is 1. The van der Waals surface area contributed by atoms with Crippen molar-refractivity contribution in [3.8, 4) is 0 Å². The Morgan fingerprint density at radius 2 is 1.79 bits per heavy atom. The third-order valence-electron chi connectivity index (χ3n) is 4.88. The van der Waals surface area contributed by atoms with E-state index >= 15 is 0 Å². The highest BCUT2D eigenvalue weighted by Gasteiger charge is 2.35. The molecular weight excluding hydrogens is 473 g/mol. The van der Waals surface area contributed by atoms with E-state index in [2.05, 4.69) is 10.3 Å². The Labute approximate surface area is 189 Å². The number of carbonyl (C=O) groups excluding carboxylic acids is 1. The summed E-state index contributed by atoms with van der Waals surface area (Å²) in [4.78, 5) is 17.4. The molecule has 3 N–H and O–H groups in total. The highest BCUT2D eigenvalue weighted by Crippen LogP contribution is 2.35. The number of nitrogen functional groups attached to an aromatic ring is 1. The van der Waals surface area contributed by atoms with Crippen molar-refractivity contribution >= 4 is 23.5 Å². The standard InChI is InChI=1S/C21H19F7N4O2/c22-15-10-12(9-14(18(15)29)20(23,24)25)11-30-17(33)4-2-13-1-3-16(21(26,27)28)31-19(13)32-5-7-34-8-6-32/h1-4,9-10H,5-8,11,29H2,(H,30,33)/b4-2+. The fraction of sp³-hybridized carbons (Fsp3) is 0.333. The van der Waals surface area contributed by atoms with E-state index in [1.807, 2.05) is 0 Å². The van der Waals surface area contributed by atoms with Crippen LogP contribution in [0.3, 0.4) is 0 Å². The maximum absolute atomic E-state index is 13.7. The molecule has 3 rings (SSSR count). The minimum Gasteiger partial charge on any atom is -0.396 e. The molecule has 1 aliphatic rings. The summed E-state index contributed by atoms with van der Waals surface area (Å²) in [5.41, 5.74) is 1.68. The second kappa shape index (κ2) is 9.87. The molecule has 34 heavy (non-hydrogen) atoms. The molecule has 0 spiro atoms. The predicted molar refractivity (Wildman–Crippen MR) is 109 cm³/mol. The van der Waals surface area contributed by atoms with E-state index in [9.17, 15) is 35.5 Å². The van der Waals surface area contributed by atoms with Crippen molar-refractivity contribution in [1.29, 1.82) is 0 Å². The van der Waals surface area contributed by atoms with Crippen LogP contribution >= 0.6 is 0 Å². The normalized spacial score (nSPS) is 15.1. The highest BCUT2D eigenvalue weighted by atomic mass is 19.4. The summed E-state index contributed by atoms with van der Waals surface area (Å²) in [5.74, 6) is -2.03. The Kier molecular flexibility index (Phi) is 7.34. The number of alkyl halides is 6. The number of carbonyl (C=O) groups is 1. The number of morpholine rings is 1. The summed E-state index contributed by atoms with van der Waals surface area (Å²) in [6.45, 7) is 0.738. The maximum Gasteiger partial charge on any atom is 0.433 e. The van der Waals surface area contributed by atoms with Crippen molar-refractivity contribution in [2.75, 3.05) is 36.9 Å². The lowest BCUT2D eigenvalue weighted by molar-refractivity contribution is -0.141. The lowest BCUT2D eigenvalue weighted by atomic mass is 10.1. The first-order valence-electron chi connectivity index (χ1n) is 9.88. The Morgan fingerprint density at radius 1 is 1.12 bits per heavy atom. The number of aromatic nitrogens is 1.